The maximum atomic E-state index is 13.6. The molecular weight excluding hydrogens is 578 g/mol. The zero-order valence-electron chi connectivity index (χ0n) is 24.8. The fourth-order valence-electron chi connectivity index (χ4n) is 5.12. The highest BCUT2D eigenvalue weighted by molar-refractivity contribution is 6.09. The number of hydrogen-bond acceptors (Lipinski definition) is 7. The summed E-state index contributed by atoms with van der Waals surface area (Å²) in [7, 11) is 1.55. The summed E-state index contributed by atoms with van der Waals surface area (Å²) in [4.78, 5) is 28.8. The number of rotatable bonds is 6. The number of nitrogens with two attached hydrogens (primary N) is 1. The third-order valence-electron chi connectivity index (χ3n) is 6.90. The lowest BCUT2D eigenvalue weighted by Gasteiger charge is -2.46. The molecule has 3 rings (SSSR count). The predicted octanol–water partition coefficient (Wildman–Crippen LogP) is 6.70. The summed E-state index contributed by atoms with van der Waals surface area (Å²) >= 11 is 0. The first-order valence-corrected chi connectivity index (χ1v) is 13.6. The number of allylic oxidation sites excluding steroid dienone is 1. The van der Waals surface area contributed by atoms with Gasteiger partial charge >= 0.3 is 18.4 Å². The molecule has 0 saturated carbocycles. The van der Waals surface area contributed by atoms with Crippen LogP contribution in [0.25, 0.3) is 5.57 Å². The molecule has 0 bridgehead atoms. The van der Waals surface area contributed by atoms with Crippen molar-refractivity contribution in [3.63, 3.8) is 0 Å². The Morgan fingerprint density at radius 1 is 1.02 bits per heavy atom. The number of hydrogen-bond donors (Lipinski definition) is 1. The summed E-state index contributed by atoms with van der Waals surface area (Å²) in [6.45, 7) is 8.51. The van der Waals surface area contributed by atoms with Gasteiger partial charge in [0.05, 0.1) is 11.1 Å². The number of amides is 1. The van der Waals surface area contributed by atoms with Crippen molar-refractivity contribution >= 4 is 23.8 Å². The van der Waals surface area contributed by atoms with Crippen LogP contribution < -0.4 is 10.6 Å². The molecule has 0 aliphatic carbocycles. The first-order chi connectivity index (χ1) is 19.8. The van der Waals surface area contributed by atoms with Gasteiger partial charge < -0.3 is 20.3 Å². The van der Waals surface area contributed by atoms with Crippen molar-refractivity contribution in [2.45, 2.75) is 90.1 Å². The number of anilines is 1. The van der Waals surface area contributed by atoms with E-state index in [-0.39, 0.29) is 36.2 Å². The van der Waals surface area contributed by atoms with Crippen LogP contribution in [0.2, 0.25) is 0 Å². The van der Waals surface area contributed by atoms with Crippen molar-refractivity contribution in [2.24, 2.45) is 10.7 Å². The minimum atomic E-state index is -4.99. The van der Waals surface area contributed by atoms with Gasteiger partial charge in [0.25, 0.3) is 0 Å². The Hall–Kier alpha value is -3.84. The number of aromatic nitrogens is 2. The largest absolute Gasteiger partial charge is 0.444 e. The van der Waals surface area contributed by atoms with E-state index in [2.05, 4.69) is 15.0 Å². The van der Waals surface area contributed by atoms with Gasteiger partial charge in [-0.25, -0.2) is 14.8 Å². The molecule has 2 aromatic rings. The van der Waals surface area contributed by atoms with E-state index < -0.39 is 41.2 Å². The molecule has 43 heavy (non-hydrogen) atoms. The molecular formula is C29H36F6N6O2. The summed E-state index contributed by atoms with van der Waals surface area (Å²) in [5, 5.41) is 0. The summed E-state index contributed by atoms with van der Waals surface area (Å²) < 4.78 is 87.3. The van der Waals surface area contributed by atoms with E-state index in [1.54, 1.807) is 37.6 Å². The number of nitrogens with zero attached hydrogens (tertiary/aromatic N) is 5. The summed E-state index contributed by atoms with van der Waals surface area (Å²) in [6.07, 6.45) is -4.14. The topological polar surface area (TPSA) is 96.9 Å². The molecule has 1 aromatic heterocycles. The number of carbonyl (C=O) groups is 1. The van der Waals surface area contributed by atoms with Crippen molar-refractivity contribution in [3.05, 3.63) is 59.0 Å². The smallest absolute Gasteiger partial charge is 0.416 e. The molecule has 8 nitrogen and oxygen atoms in total. The van der Waals surface area contributed by atoms with Crippen molar-refractivity contribution in [2.75, 3.05) is 11.9 Å². The third-order valence-corrected chi connectivity index (χ3v) is 6.90. The van der Waals surface area contributed by atoms with Crippen molar-refractivity contribution in [1.82, 2.24) is 14.9 Å². The Bertz CT molecular complexity index is 1290. The van der Waals surface area contributed by atoms with Crippen LogP contribution in [0.4, 0.5) is 37.1 Å². The molecule has 1 aliphatic heterocycles. The molecule has 14 heteroatoms. The van der Waals surface area contributed by atoms with Crippen molar-refractivity contribution < 1.29 is 35.9 Å². The van der Waals surface area contributed by atoms with Gasteiger partial charge in [-0.05, 0) is 71.2 Å². The number of aliphatic imine (C=N–C) groups is 1. The van der Waals surface area contributed by atoms with E-state index in [0.717, 1.165) is 0 Å². The lowest BCUT2D eigenvalue weighted by atomic mass is 9.91. The van der Waals surface area contributed by atoms with Crippen LogP contribution in [-0.2, 0) is 23.6 Å². The molecule has 1 aliphatic rings. The van der Waals surface area contributed by atoms with E-state index in [1.165, 1.54) is 24.8 Å². The van der Waals surface area contributed by atoms with Crippen LogP contribution in [0.3, 0.4) is 0 Å². The number of likely N-dealkylation sites (tertiary alicyclic amines) is 1. The first kappa shape index (κ1) is 33.7. The van der Waals surface area contributed by atoms with Crippen LogP contribution in [-0.4, -0.2) is 57.9 Å². The number of alkyl halides is 6. The molecule has 2 N–H and O–H groups in total. The molecule has 236 valence electrons. The zero-order valence-corrected chi connectivity index (χ0v) is 24.8. The van der Waals surface area contributed by atoms with Gasteiger partial charge in [-0.1, -0.05) is 0 Å². The molecule has 1 unspecified atom stereocenters. The summed E-state index contributed by atoms with van der Waals surface area (Å²) in [6, 6.07) is 0.312. The maximum absolute atomic E-state index is 13.6. The second-order valence-electron chi connectivity index (χ2n) is 11.5. The SMILES string of the molecule is CN=CC(=CN)c1cnc(N(Cc2cc(C(F)(F)F)cc(C(F)(F)F)c2)C2C[C@@H](C)N(C(=O)OC(C)(C)C)[C@@H](C)C2)nc1. The molecule has 1 amide bonds. The quantitative estimate of drug-likeness (QED) is 0.288. The van der Waals surface area contributed by atoms with Crippen LogP contribution in [0.5, 0.6) is 0 Å². The molecule has 3 atom stereocenters. The highest BCUT2D eigenvalue weighted by atomic mass is 19.4. The minimum Gasteiger partial charge on any atom is -0.444 e. The van der Waals surface area contributed by atoms with E-state index in [1.807, 2.05) is 13.8 Å². The molecule has 1 aromatic carbocycles. The van der Waals surface area contributed by atoms with Gasteiger partial charge in [0.1, 0.15) is 5.60 Å². The van der Waals surface area contributed by atoms with Crippen LogP contribution >= 0.6 is 0 Å². The molecule has 0 radical (unpaired) electrons. The average molecular weight is 615 g/mol. The van der Waals surface area contributed by atoms with Crippen molar-refractivity contribution in [3.8, 4) is 0 Å². The predicted molar refractivity (Wildman–Crippen MR) is 151 cm³/mol. The van der Waals surface area contributed by atoms with Gasteiger partial charge in [0.2, 0.25) is 5.95 Å². The Balaban J connectivity index is 2.06. The zero-order chi connectivity index (χ0) is 32.3. The Morgan fingerprint density at radius 2 is 1.53 bits per heavy atom. The maximum Gasteiger partial charge on any atom is 0.416 e. The van der Waals surface area contributed by atoms with Crippen LogP contribution in [0.1, 0.15) is 69.7 Å². The Labute approximate surface area is 246 Å². The second-order valence-corrected chi connectivity index (χ2v) is 11.5. The fourth-order valence-corrected chi connectivity index (χ4v) is 5.12. The lowest BCUT2D eigenvalue weighted by molar-refractivity contribution is -0.143. The number of benzene rings is 1. The summed E-state index contributed by atoms with van der Waals surface area (Å²) in [5.41, 5.74) is 2.93. The lowest BCUT2D eigenvalue weighted by Crippen LogP contribution is -2.56. The molecule has 2 heterocycles. The van der Waals surface area contributed by atoms with E-state index in [4.69, 9.17) is 10.5 Å². The van der Waals surface area contributed by atoms with E-state index in [0.29, 0.717) is 36.1 Å². The number of ether oxygens (including phenoxy) is 1. The highest BCUT2D eigenvalue weighted by Crippen LogP contribution is 2.38. The van der Waals surface area contributed by atoms with Crippen LogP contribution in [0, 0.1) is 0 Å². The van der Waals surface area contributed by atoms with Gasteiger partial charge in [0, 0.05) is 67.7 Å². The van der Waals surface area contributed by atoms with Crippen LogP contribution in [0.15, 0.2) is 41.8 Å². The Morgan fingerprint density at radius 3 is 1.95 bits per heavy atom. The monoisotopic (exact) mass is 614 g/mol. The molecule has 1 fully saturated rings. The van der Waals surface area contributed by atoms with Gasteiger partial charge in [-0.3, -0.25) is 4.99 Å². The normalized spacial score (nSPS) is 20.4. The fraction of sp³-hybridized carbons (Fsp3) is 0.517. The number of halogens is 6. The Kier molecular flexibility index (Phi) is 10.0. The second kappa shape index (κ2) is 12.8. The minimum absolute atomic E-state index is 0.0923. The molecule has 1 saturated heterocycles. The van der Waals surface area contributed by atoms with Crippen molar-refractivity contribution in [1.29, 1.82) is 0 Å². The molecule has 0 spiro atoms. The summed E-state index contributed by atoms with van der Waals surface area (Å²) in [5.74, 6) is 0.0923. The third kappa shape index (κ3) is 8.60. The van der Waals surface area contributed by atoms with Gasteiger partial charge in [-0.2, -0.15) is 26.3 Å². The number of carbonyl (C=O) groups excluding carboxylic acids is 1. The van der Waals surface area contributed by atoms with Gasteiger partial charge in [0.15, 0.2) is 0 Å². The van der Waals surface area contributed by atoms with Gasteiger partial charge in [-0.15, -0.1) is 0 Å². The van der Waals surface area contributed by atoms with E-state index in [9.17, 15) is 31.1 Å². The highest BCUT2D eigenvalue weighted by Gasteiger charge is 2.40. The van der Waals surface area contributed by atoms with E-state index >= 15 is 0 Å². The standard InChI is InChI=1S/C29H36F6N6O2/c1-17-7-24(8-18(2)41(17)26(42)43-27(3,4)5)40(25-38-14-21(15-39-25)20(12-36)13-37-6)16-19-9-22(28(30,31)32)11-23(10-19)29(33,34)35/h9-15,17-18,24H,7-8,16,36H2,1-6H3/t17-,18+,24?. The first-order valence-electron chi connectivity index (χ1n) is 13.6. The average Bonchev–Trinajstić information content (AvgIpc) is 2.88. The number of piperidine rings is 1.